The number of carbonyl (C=O) groups is 3. The Morgan fingerprint density at radius 3 is 1.37 bits per heavy atom. The second kappa shape index (κ2) is 11.4. The van der Waals surface area contributed by atoms with Crippen molar-refractivity contribution in [1.82, 2.24) is 8.61 Å². The second-order valence-corrected chi connectivity index (χ2v) is 11.3. The lowest BCUT2D eigenvalue weighted by molar-refractivity contribution is -0.159. The highest BCUT2D eigenvalue weighted by Crippen LogP contribution is 2.23. The van der Waals surface area contributed by atoms with E-state index in [4.69, 9.17) is 19.8 Å². The second-order valence-electron chi connectivity index (χ2n) is 7.44. The van der Waals surface area contributed by atoms with E-state index in [1.807, 2.05) is 6.92 Å². The summed E-state index contributed by atoms with van der Waals surface area (Å²) in [6.07, 6.45) is 0. The predicted molar refractivity (Wildman–Crippen MR) is 125 cm³/mol. The third-order valence-electron chi connectivity index (χ3n) is 4.85. The van der Waals surface area contributed by atoms with Crippen molar-refractivity contribution >= 4 is 43.6 Å². The van der Waals surface area contributed by atoms with Gasteiger partial charge in [-0.3, -0.25) is 4.79 Å². The molecule has 1 fully saturated rings. The van der Waals surface area contributed by atoms with Gasteiger partial charge in [-0.1, -0.05) is 17.7 Å². The van der Waals surface area contributed by atoms with Crippen molar-refractivity contribution in [2.45, 2.75) is 23.6 Å². The molecule has 1 aliphatic heterocycles. The fourth-order valence-electron chi connectivity index (χ4n) is 3.07. The van der Waals surface area contributed by atoms with Crippen LogP contribution in [0.15, 0.2) is 58.3 Å². The normalized spacial score (nSPS) is 14.9. The largest absolute Gasteiger partial charge is 0.473 e. The molecule has 2 aromatic rings. The predicted octanol–water partition coefficient (Wildman–Crippen LogP) is 0.804. The highest BCUT2D eigenvalue weighted by Gasteiger charge is 2.33. The first kappa shape index (κ1) is 27.9. The molecule has 0 saturated carbocycles. The van der Waals surface area contributed by atoms with E-state index in [1.165, 1.54) is 39.8 Å². The number of carboxylic acids is 2. The Hall–Kier alpha value is -3.33. The summed E-state index contributed by atoms with van der Waals surface area (Å²) < 4.78 is 53.8. The van der Waals surface area contributed by atoms with E-state index in [9.17, 15) is 21.6 Å². The van der Waals surface area contributed by atoms with E-state index in [-0.39, 0.29) is 41.9 Å². The molecule has 1 saturated heterocycles. The molecule has 0 radical (unpaired) electrons. The van der Waals surface area contributed by atoms with E-state index in [2.05, 4.69) is 5.32 Å². The lowest BCUT2D eigenvalue weighted by Crippen LogP contribution is -2.50. The van der Waals surface area contributed by atoms with Crippen LogP contribution in [-0.2, 0) is 34.4 Å². The number of hydrogen-bond acceptors (Lipinski definition) is 7. The standard InChI is InChI=1S/C19H23N3O5S2.C2H2O4/c1-15-3-7-18(8-4-15)28(24,25)21-11-13-22(14-12-21)29(26,27)19-9-5-17(6-10-19)20-16(2)23;3-1(4)2(5)6/h3-10H,11-14H2,1-2H3,(H,20,23);(H,3,4)(H,5,6). The van der Waals surface area contributed by atoms with Crippen LogP contribution in [0.5, 0.6) is 0 Å². The Bertz CT molecular complexity index is 1270. The van der Waals surface area contributed by atoms with Gasteiger partial charge in [0.2, 0.25) is 26.0 Å². The van der Waals surface area contributed by atoms with Crippen LogP contribution < -0.4 is 5.32 Å². The van der Waals surface area contributed by atoms with Gasteiger partial charge in [-0.05, 0) is 43.3 Å². The van der Waals surface area contributed by atoms with Gasteiger partial charge in [0, 0.05) is 38.8 Å². The first-order chi connectivity index (χ1) is 16.2. The Morgan fingerprint density at radius 1 is 0.714 bits per heavy atom. The number of benzene rings is 2. The van der Waals surface area contributed by atoms with Crippen molar-refractivity contribution < 1.29 is 41.4 Å². The minimum Gasteiger partial charge on any atom is -0.473 e. The van der Waals surface area contributed by atoms with Gasteiger partial charge in [0.1, 0.15) is 0 Å². The fourth-order valence-corrected chi connectivity index (χ4v) is 5.92. The third-order valence-corrected chi connectivity index (χ3v) is 8.68. The maximum absolute atomic E-state index is 12.9. The number of hydrogen-bond donors (Lipinski definition) is 3. The molecule has 0 aliphatic carbocycles. The molecular weight excluding hydrogens is 502 g/mol. The Balaban J connectivity index is 0.000000641. The maximum atomic E-state index is 12.9. The van der Waals surface area contributed by atoms with E-state index < -0.39 is 32.0 Å². The molecule has 12 nitrogen and oxygen atoms in total. The molecule has 35 heavy (non-hydrogen) atoms. The zero-order chi connectivity index (χ0) is 26.4. The third kappa shape index (κ3) is 7.32. The number of aliphatic carboxylic acids is 2. The minimum atomic E-state index is -3.75. The smallest absolute Gasteiger partial charge is 0.414 e. The van der Waals surface area contributed by atoms with Crippen molar-refractivity contribution in [2.24, 2.45) is 0 Å². The lowest BCUT2D eigenvalue weighted by atomic mass is 10.2. The van der Waals surface area contributed by atoms with E-state index >= 15 is 0 Å². The number of aryl methyl sites for hydroxylation is 1. The molecule has 2 aromatic carbocycles. The molecule has 1 aliphatic rings. The van der Waals surface area contributed by atoms with Gasteiger partial charge >= 0.3 is 11.9 Å². The first-order valence-corrected chi connectivity index (χ1v) is 13.0. The van der Waals surface area contributed by atoms with Crippen LogP contribution in [0.1, 0.15) is 12.5 Å². The van der Waals surface area contributed by atoms with Crippen LogP contribution >= 0.6 is 0 Å². The highest BCUT2D eigenvalue weighted by atomic mass is 32.2. The molecule has 0 bridgehead atoms. The summed E-state index contributed by atoms with van der Waals surface area (Å²) in [6.45, 7) is 3.55. The molecule has 190 valence electrons. The van der Waals surface area contributed by atoms with Crippen LogP contribution in [0, 0.1) is 6.92 Å². The fraction of sp³-hybridized carbons (Fsp3) is 0.286. The molecular formula is C21H25N3O9S2. The van der Waals surface area contributed by atoms with Gasteiger partial charge in [0.25, 0.3) is 0 Å². The Kier molecular flexibility index (Phi) is 9.09. The zero-order valence-corrected chi connectivity index (χ0v) is 20.5. The van der Waals surface area contributed by atoms with Crippen LogP contribution in [0.4, 0.5) is 5.69 Å². The molecule has 14 heteroatoms. The molecule has 0 aromatic heterocycles. The summed E-state index contributed by atoms with van der Waals surface area (Å²) in [5.41, 5.74) is 1.47. The van der Waals surface area contributed by atoms with Crippen molar-refractivity contribution in [3.8, 4) is 0 Å². The van der Waals surface area contributed by atoms with Gasteiger partial charge in [0.05, 0.1) is 9.79 Å². The molecule has 3 N–H and O–H groups in total. The van der Waals surface area contributed by atoms with E-state index in [0.717, 1.165) is 5.56 Å². The average molecular weight is 528 g/mol. The SMILES string of the molecule is CC(=O)Nc1ccc(S(=O)(=O)N2CCN(S(=O)(=O)c3ccc(C)cc3)CC2)cc1.O=C(O)C(=O)O. The number of nitrogens with one attached hydrogen (secondary N) is 1. The van der Waals surface area contributed by atoms with E-state index in [0.29, 0.717) is 5.69 Å². The monoisotopic (exact) mass is 527 g/mol. The maximum Gasteiger partial charge on any atom is 0.414 e. The van der Waals surface area contributed by atoms with Crippen LogP contribution in [0.3, 0.4) is 0 Å². The summed E-state index contributed by atoms with van der Waals surface area (Å²) in [5, 5.41) is 17.4. The molecule has 0 spiro atoms. The summed E-state index contributed by atoms with van der Waals surface area (Å²) in [4.78, 5) is 29.6. The lowest BCUT2D eigenvalue weighted by Gasteiger charge is -2.33. The Morgan fingerprint density at radius 2 is 1.06 bits per heavy atom. The average Bonchev–Trinajstić information content (AvgIpc) is 2.80. The van der Waals surface area contributed by atoms with Gasteiger partial charge in [-0.25, -0.2) is 26.4 Å². The summed E-state index contributed by atoms with van der Waals surface area (Å²) in [7, 11) is -7.41. The first-order valence-electron chi connectivity index (χ1n) is 10.2. The molecule has 1 heterocycles. The minimum absolute atomic E-state index is 0.0703. The van der Waals surface area contributed by atoms with Gasteiger partial charge in [0.15, 0.2) is 0 Å². The number of anilines is 1. The molecule has 0 atom stereocenters. The molecule has 0 unspecified atom stereocenters. The zero-order valence-electron chi connectivity index (χ0n) is 18.9. The Labute approximate surface area is 202 Å². The number of sulfonamides is 2. The van der Waals surface area contributed by atoms with Crippen LogP contribution in [0.25, 0.3) is 0 Å². The number of amides is 1. The van der Waals surface area contributed by atoms with Crippen molar-refractivity contribution in [3.63, 3.8) is 0 Å². The van der Waals surface area contributed by atoms with E-state index in [1.54, 1.807) is 24.3 Å². The van der Waals surface area contributed by atoms with Crippen molar-refractivity contribution in [1.29, 1.82) is 0 Å². The topological polar surface area (TPSA) is 178 Å². The highest BCUT2D eigenvalue weighted by molar-refractivity contribution is 7.89. The van der Waals surface area contributed by atoms with Crippen molar-refractivity contribution in [3.05, 3.63) is 54.1 Å². The number of carboxylic acid groups (broad SMARTS) is 2. The number of piperazine rings is 1. The summed E-state index contributed by atoms with van der Waals surface area (Å²) in [6, 6.07) is 12.5. The number of rotatable bonds is 5. The van der Waals surface area contributed by atoms with Gasteiger partial charge in [-0.2, -0.15) is 8.61 Å². The van der Waals surface area contributed by atoms with Crippen LogP contribution in [-0.4, -0.2) is 79.7 Å². The number of nitrogens with zero attached hydrogens (tertiary/aromatic N) is 2. The van der Waals surface area contributed by atoms with Gasteiger partial charge < -0.3 is 15.5 Å². The summed E-state index contributed by atoms with van der Waals surface area (Å²) in [5.74, 6) is -3.89. The quantitative estimate of drug-likeness (QED) is 0.474. The molecule has 1 amide bonds. The summed E-state index contributed by atoms with van der Waals surface area (Å²) >= 11 is 0. The number of carbonyl (C=O) groups excluding carboxylic acids is 1. The van der Waals surface area contributed by atoms with Crippen LogP contribution in [0.2, 0.25) is 0 Å². The van der Waals surface area contributed by atoms with Crippen molar-refractivity contribution in [2.75, 3.05) is 31.5 Å². The van der Waals surface area contributed by atoms with Gasteiger partial charge in [-0.15, -0.1) is 0 Å². The molecule has 3 rings (SSSR count).